The number of carbonyl (C=O) groups is 1. The first-order valence-electron chi connectivity index (χ1n) is 10.7. The van der Waals surface area contributed by atoms with Crippen LogP contribution in [0.5, 0.6) is 0 Å². The molecule has 1 amide bonds. The summed E-state index contributed by atoms with van der Waals surface area (Å²) in [5, 5.41) is 6.35. The van der Waals surface area contributed by atoms with Crippen molar-refractivity contribution >= 4 is 40.8 Å². The van der Waals surface area contributed by atoms with Crippen LogP contribution in [-0.4, -0.2) is 62.9 Å². The third-order valence-electron chi connectivity index (χ3n) is 5.11. The number of halogens is 1. The van der Waals surface area contributed by atoms with E-state index in [-0.39, 0.29) is 16.8 Å². The number of thiocarbonyl (C=S) groups is 1. The predicted molar refractivity (Wildman–Crippen MR) is 131 cm³/mol. The summed E-state index contributed by atoms with van der Waals surface area (Å²) in [5.41, 5.74) is 2.25. The van der Waals surface area contributed by atoms with E-state index in [0.717, 1.165) is 11.4 Å². The first kappa shape index (κ1) is 23.3. The van der Waals surface area contributed by atoms with Crippen molar-refractivity contribution in [2.24, 2.45) is 4.99 Å². The molecular formula is C23H24FN7O2S. The quantitative estimate of drug-likeness (QED) is 0.334. The highest BCUT2D eigenvalue weighted by Crippen LogP contribution is 2.13. The summed E-state index contributed by atoms with van der Waals surface area (Å²) in [4.78, 5) is 29.7. The average Bonchev–Trinajstić information content (AvgIpc) is 3.34. The molecule has 0 aliphatic carbocycles. The van der Waals surface area contributed by atoms with Crippen LogP contribution >= 0.6 is 12.2 Å². The Morgan fingerprint density at radius 2 is 1.68 bits per heavy atom. The molecule has 34 heavy (non-hydrogen) atoms. The normalized spacial score (nSPS) is 14.1. The summed E-state index contributed by atoms with van der Waals surface area (Å²) in [5.74, 6) is 0.678. The number of benzene rings is 1. The van der Waals surface area contributed by atoms with Crippen LogP contribution < -0.4 is 10.6 Å². The van der Waals surface area contributed by atoms with E-state index in [1.165, 1.54) is 18.4 Å². The summed E-state index contributed by atoms with van der Waals surface area (Å²) in [6, 6.07) is 11.1. The van der Waals surface area contributed by atoms with Gasteiger partial charge in [0.2, 0.25) is 17.0 Å². The van der Waals surface area contributed by atoms with Crippen LogP contribution in [0, 0.1) is 19.7 Å². The number of nitrogens with zero attached hydrogens (tertiary/aromatic N) is 5. The van der Waals surface area contributed by atoms with Crippen LogP contribution in [-0.2, 0) is 0 Å². The second-order valence-corrected chi connectivity index (χ2v) is 8.12. The number of aliphatic imine (C=N–C) groups is 1. The molecule has 3 aromatic rings. The maximum atomic E-state index is 13.2. The van der Waals surface area contributed by atoms with Gasteiger partial charge in [0, 0.05) is 43.3 Å². The SMILES string of the molecule is Cc1cc(C)nc(N/C(=N/C(=S)Nc2ccc(F)cc2)N2CCN(C(=O)c3ccco3)CC2)n1. The van der Waals surface area contributed by atoms with E-state index in [0.29, 0.717) is 49.5 Å². The number of guanidine groups is 1. The molecule has 2 aromatic heterocycles. The first-order valence-corrected chi connectivity index (χ1v) is 11.1. The minimum absolute atomic E-state index is 0.151. The predicted octanol–water partition coefficient (Wildman–Crippen LogP) is 3.45. The van der Waals surface area contributed by atoms with Gasteiger partial charge < -0.3 is 19.5 Å². The van der Waals surface area contributed by atoms with Gasteiger partial charge in [0.25, 0.3) is 5.91 Å². The Labute approximate surface area is 201 Å². The molecule has 3 heterocycles. The number of aromatic nitrogens is 2. The zero-order chi connectivity index (χ0) is 24.1. The van der Waals surface area contributed by atoms with E-state index < -0.39 is 0 Å². The molecule has 0 saturated carbocycles. The van der Waals surface area contributed by atoms with Crippen LogP contribution in [0.1, 0.15) is 21.9 Å². The number of amides is 1. The Morgan fingerprint density at radius 3 is 2.29 bits per heavy atom. The third-order valence-corrected chi connectivity index (χ3v) is 5.30. The summed E-state index contributed by atoms with van der Waals surface area (Å²) >= 11 is 5.42. The topological polar surface area (TPSA) is 98.9 Å². The summed E-state index contributed by atoms with van der Waals surface area (Å²) in [7, 11) is 0. The average molecular weight is 482 g/mol. The Morgan fingerprint density at radius 1 is 1.03 bits per heavy atom. The molecule has 176 valence electrons. The van der Waals surface area contributed by atoms with E-state index in [1.807, 2.05) is 24.8 Å². The largest absolute Gasteiger partial charge is 0.459 e. The van der Waals surface area contributed by atoms with Crippen molar-refractivity contribution in [1.82, 2.24) is 19.8 Å². The molecule has 1 aliphatic rings. The van der Waals surface area contributed by atoms with E-state index in [1.54, 1.807) is 29.2 Å². The van der Waals surface area contributed by atoms with Gasteiger partial charge >= 0.3 is 0 Å². The molecule has 4 rings (SSSR count). The molecule has 1 aliphatic heterocycles. The minimum Gasteiger partial charge on any atom is -0.459 e. The van der Waals surface area contributed by atoms with Gasteiger partial charge in [-0.3, -0.25) is 10.1 Å². The molecule has 11 heteroatoms. The number of hydrogen-bond donors (Lipinski definition) is 2. The number of nitrogens with one attached hydrogen (secondary N) is 2. The smallest absolute Gasteiger partial charge is 0.289 e. The fourth-order valence-corrected chi connectivity index (χ4v) is 3.72. The van der Waals surface area contributed by atoms with Gasteiger partial charge in [0.05, 0.1) is 6.26 Å². The number of aryl methyl sites for hydroxylation is 2. The van der Waals surface area contributed by atoms with Crippen molar-refractivity contribution < 1.29 is 13.6 Å². The first-order chi connectivity index (χ1) is 16.4. The molecule has 0 atom stereocenters. The van der Waals surface area contributed by atoms with Gasteiger partial charge in [-0.25, -0.2) is 14.4 Å². The zero-order valence-corrected chi connectivity index (χ0v) is 19.6. The van der Waals surface area contributed by atoms with Crippen molar-refractivity contribution in [1.29, 1.82) is 0 Å². The lowest BCUT2D eigenvalue weighted by Crippen LogP contribution is -2.52. The van der Waals surface area contributed by atoms with Gasteiger partial charge in [-0.15, -0.1) is 0 Å². The van der Waals surface area contributed by atoms with Crippen molar-refractivity contribution in [3.63, 3.8) is 0 Å². The van der Waals surface area contributed by atoms with Gasteiger partial charge in [-0.1, -0.05) is 0 Å². The highest BCUT2D eigenvalue weighted by molar-refractivity contribution is 7.80. The maximum absolute atomic E-state index is 13.2. The lowest BCUT2D eigenvalue weighted by Gasteiger charge is -2.36. The van der Waals surface area contributed by atoms with Crippen LogP contribution in [0.3, 0.4) is 0 Å². The third kappa shape index (κ3) is 5.93. The second-order valence-electron chi connectivity index (χ2n) is 7.73. The van der Waals surface area contributed by atoms with Crippen LogP contribution in [0.2, 0.25) is 0 Å². The van der Waals surface area contributed by atoms with Crippen molar-refractivity contribution in [2.45, 2.75) is 13.8 Å². The Kier molecular flexibility index (Phi) is 7.12. The number of rotatable bonds is 3. The number of furan rings is 1. The molecule has 1 saturated heterocycles. The van der Waals surface area contributed by atoms with E-state index >= 15 is 0 Å². The summed E-state index contributed by atoms with van der Waals surface area (Å²) < 4.78 is 18.4. The minimum atomic E-state index is -0.337. The number of anilines is 2. The fourth-order valence-electron chi connectivity index (χ4n) is 3.52. The van der Waals surface area contributed by atoms with Crippen molar-refractivity contribution in [3.8, 4) is 0 Å². The van der Waals surface area contributed by atoms with Crippen LogP contribution in [0.4, 0.5) is 16.0 Å². The zero-order valence-electron chi connectivity index (χ0n) is 18.8. The Balaban J connectivity index is 1.51. The summed E-state index contributed by atoms with van der Waals surface area (Å²) in [6.45, 7) is 5.76. The number of hydrogen-bond acceptors (Lipinski definition) is 5. The molecule has 0 spiro atoms. The highest BCUT2D eigenvalue weighted by atomic mass is 32.1. The highest BCUT2D eigenvalue weighted by Gasteiger charge is 2.26. The van der Waals surface area contributed by atoms with Gasteiger partial charge in [0.1, 0.15) is 5.82 Å². The molecule has 1 aromatic carbocycles. The molecule has 9 nitrogen and oxygen atoms in total. The fraction of sp³-hybridized carbons (Fsp3) is 0.261. The maximum Gasteiger partial charge on any atom is 0.289 e. The molecular weight excluding hydrogens is 457 g/mol. The monoisotopic (exact) mass is 481 g/mol. The van der Waals surface area contributed by atoms with Crippen molar-refractivity contribution in [3.05, 3.63) is 71.7 Å². The Bertz CT molecular complexity index is 1170. The van der Waals surface area contributed by atoms with Crippen LogP contribution in [0.25, 0.3) is 0 Å². The van der Waals surface area contributed by atoms with Gasteiger partial charge in [-0.2, -0.15) is 4.99 Å². The molecule has 0 radical (unpaired) electrons. The molecule has 2 N–H and O–H groups in total. The number of carbonyl (C=O) groups excluding carboxylic acids is 1. The Hall–Kier alpha value is -3.86. The lowest BCUT2D eigenvalue weighted by atomic mass is 10.3. The van der Waals surface area contributed by atoms with Gasteiger partial charge in [0.15, 0.2) is 5.76 Å². The van der Waals surface area contributed by atoms with E-state index in [4.69, 9.17) is 16.6 Å². The van der Waals surface area contributed by atoms with Crippen LogP contribution in [0.15, 0.2) is 58.1 Å². The van der Waals surface area contributed by atoms with E-state index in [9.17, 15) is 9.18 Å². The lowest BCUT2D eigenvalue weighted by molar-refractivity contribution is 0.0660. The molecule has 0 bridgehead atoms. The standard InChI is InChI=1S/C23H24FN7O2S/c1-15-14-16(2)26-21(25-15)28-22(29-23(34)27-18-7-5-17(24)6-8-18)31-11-9-30(10-12-31)20(32)19-4-3-13-33-19/h3-8,13-14H,9-12H2,1-2H3,(H2,25,26,27,28,29,34). The van der Waals surface area contributed by atoms with E-state index in [2.05, 4.69) is 25.6 Å². The summed E-state index contributed by atoms with van der Waals surface area (Å²) in [6.07, 6.45) is 1.48. The molecule has 0 unspecified atom stereocenters. The van der Waals surface area contributed by atoms with Gasteiger partial charge in [-0.05, 0) is 68.5 Å². The molecule has 1 fully saturated rings. The van der Waals surface area contributed by atoms with Crippen molar-refractivity contribution in [2.75, 3.05) is 36.8 Å². The number of piperazine rings is 1. The second kappa shape index (κ2) is 10.4.